The summed E-state index contributed by atoms with van der Waals surface area (Å²) >= 11 is 0. The molecule has 4 rings (SSSR count). The molecular formula is C28H36N2O3. The molecule has 0 bridgehead atoms. The van der Waals surface area contributed by atoms with Crippen molar-refractivity contribution in [3.63, 3.8) is 0 Å². The molecule has 5 nitrogen and oxygen atoms in total. The number of benzene rings is 2. The number of carbonyl (C=O) groups is 1. The molecule has 1 aliphatic carbocycles. The zero-order chi connectivity index (χ0) is 23.0. The fourth-order valence-electron chi connectivity index (χ4n) is 4.18. The van der Waals surface area contributed by atoms with Crippen LogP contribution in [-0.4, -0.2) is 50.2 Å². The number of amides is 1. The van der Waals surface area contributed by atoms with Crippen LogP contribution in [0.2, 0.25) is 0 Å². The van der Waals surface area contributed by atoms with Crippen molar-refractivity contribution in [1.82, 2.24) is 10.2 Å². The van der Waals surface area contributed by atoms with Gasteiger partial charge in [-0.2, -0.15) is 0 Å². The number of para-hydroxylation sites is 1. The van der Waals surface area contributed by atoms with Crippen molar-refractivity contribution in [3.8, 4) is 11.5 Å². The monoisotopic (exact) mass is 448 g/mol. The predicted molar refractivity (Wildman–Crippen MR) is 133 cm³/mol. The van der Waals surface area contributed by atoms with Crippen LogP contribution in [0.5, 0.6) is 11.5 Å². The lowest BCUT2D eigenvalue weighted by Gasteiger charge is -2.20. The van der Waals surface area contributed by atoms with E-state index in [4.69, 9.17) is 9.47 Å². The molecule has 0 aromatic heterocycles. The first-order valence-corrected chi connectivity index (χ1v) is 12.4. The Balaban J connectivity index is 1.68. The SMILES string of the molecule is CCN(CC)C(=O)c1ccc(/C2=C/CCCNCCOc3c(OCC4CC4)cccc32)cc1. The van der Waals surface area contributed by atoms with Gasteiger partial charge in [-0.15, -0.1) is 0 Å². The Morgan fingerprint density at radius 1 is 1.09 bits per heavy atom. The number of nitrogens with zero attached hydrogens (tertiary/aromatic N) is 1. The average molecular weight is 449 g/mol. The van der Waals surface area contributed by atoms with Gasteiger partial charge in [0, 0.05) is 30.8 Å². The summed E-state index contributed by atoms with van der Waals surface area (Å²) in [4.78, 5) is 14.6. The second kappa shape index (κ2) is 11.4. The molecule has 1 aliphatic heterocycles. The molecule has 0 atom stereocenters. The number of fused-ring (bicyclic) bond motifs is 1. The number of ether oxygens (including phenoxy) is 2. The fraction of sp³-hybridized carbons (Fsp3) is 0.464. The van der Waals surface area contributed by atoms with E-state index in [1.54, 1.807) is 0 Å². The van der Waals surface area contributed by atoms with Crippen molar-refractivity contribution in [2.24, 2.45) is 5.92 Å². The number of hydrogen-bond donors (Lipinski definition) is 1. The highest BCUT2D eigenvalue weighted by Crippen LogP contribution is 2.40. The minimum absolute atomic E-state index is 0.0774. The largest absolute Gasteiger partial charge is 0.489 e. The maximum atomic E-state index is 12.8. The van der Waals surface area contributed by atoms with E-state index in [0.29, 0.717) is 25.6 Å². The zero-order valence-electron chi connectivity index (χ0n) is 19.9. The minimum atomic E-state index is 0.0774. The third-order valence-electron chi connectivity index (χ3n) is 6.37. The van der Waals surface area contributed by atoms with Crippen LogP contribution in [0, 0.1) is 5.92 Å². The van der Waals surface area contributed by atoms with E-state index in [0.717, 1.165) is 66.3 Å². The highest BCUT2D eigenvalue weighted by Gasteiger charge is 2.24. The lowest BCUT2D eigenvalue weighted by molar-refractivity contribution is 0.0773. The highest BCUT2D eigenvalue weighted by molar-refractivity contribution is 5.95. The number of nitrogens with one attached hydrogen (secondary N) is 1. The van der Waals surface area contributed by atoms with Crippen LogP contribution < -0.4 is 14.8 Å². The molecule has 0 radical (unpaired) electrons. The van der Waals surface area contributed by atoms with Crippen molar-refractivity contribution in [2.45, 2.75) is 39.5 Å². The van der Waals surface area contributed by atoms with Gasteiger partial charge in [-0.1, -0.05) is 30.3 Å². The van der Waals surface area contributed by atoms with Gasteiger partial charge in [-0.25, -0.2) is 0 Å². The van der Waals surface area contributed by atoms with Gasteiger partial charge >= 0.3 is 0 Å². The second-order valence-electron chi connectivity index (χ2n) is 8.80. The van der Waals surface area contributed by atoms with E-state index >= 15 is 0 Å². The molecule has 1 amide bonds. The summed E-state index contributed by atoms with van der Waals surface area (Å²) in [6.45, 7) is 8.57. The van der Waals surface area contributed by atoms with E-state index in [1.807, 2.05) is 36.9 Å². The summed E-state index contributed by atoms with van der Waals surface area (Å²) in [6.07, 6.45) is 6.83. The van der Waals surface area contributed by atoms with Gasteiger partial charge in [0.15, 0.2) is 11.5 Å². The van der Waals surface area contributed by atoms with Crippen LogP contribution in [0.3, 0.4) is 0 Å². The Labute approximate surface area is 197 Å². The van der Waals surface area contributed by atoms with Crippen molar-refractivity contribution in [2.75, 3.05) is 39.4 Å². The Bertz CT molecular complexity index is 960. The molecule has 1 heterocycles. The summed E-state index contributed by atoms with van der Waals surface area (Å²) in [6, 6.07) is 14.2. The third kappa shape index (κ3) is 5.97. The van der Waals surface area contributed by atoms with E-state index < -0.39 is 0 Å². The molecule has 0 spiro atoms. The van der Waals surface area contributed by atoms with Gasteiger partial charge in [0.25, 0.3) is 5.91 Å². The van der Waals surface area contributed by atoms with Crippen molar-refractivity contribution in [1.29, 1.82) is 0 Å². The Morgan fingerprint density at radius 2 is 1.88 bits per heavy atom. The van der Waals surface area contributed by atoms with Crippen LogP contribution in [-0.2, 0) is 0 Å². The van der Waals surface area contributed by atoms with Gasteiger partial charge in [0.2, 0.25) is 0 Å². The number of carbonyl (C=O) groups excluding carboxylic acids is 1. The summed E-state index contributed by atoms with van der Waals surface area (Å²) in [7, 11) is 0. The fourth-order valence-corrected chi connectivity index (χ4v) is 4.18. The number of hydrogen-bond acceptors (Lipinski definition) is 4. The van der Waals surface area contributed by atoms with Crippen molar-refractivity contribution in [3.05, 3.63) is 65.2 Å². The molecule has 1 N–H and O–H groups in total. The first-order valence-electron chi connectivity index (χ1n) is 12.4. The normalized spacial score (nSPS) is 18.2. The molecule has 1 saturated carbocycles. The molecular weight excluding hydrogens is 412 g/mol. The van der Waals surface area contributed by atoms with Crippen LogP contribution in [0.4, 0.5) is 0 Å². The summed E-state index contributed by atoms with van der Waals surface area (Å²) in [5.74, 6) is 2.39. The molecule has 176 valence electrons. The molecule has 2 aliphatic rings. The average Bonchev–Trinajstić information content (AvgIpc) is 3.67. The molecule has 0 unspecified atom stereocenters. The topological polar surface area (TPSA) is 50.8 Å². The predicted octanol–water partition coefficient (Wildman–Crippen LogP) is 5.15. The molecule has 2 aromatic carbocycles. The van der Waals surface area contributed by atoms with Crippen LogP contribution >= 0.6 is 0 Å². The van der Waals surface area contributed by atoms with Crippen LogP contribution in [0.15, 0.2) is 48.5 Å². The Kier molecular flexibility index (Phi) is 8.05. The summed E-state index contributed by atoms with van der Waals surface area (Å²) < 4.78 is 12.5. The second-order valence-corrected chi connectivity index (χ2v) is 8.80. The zero-order valence-corrected chi connectivity index (χ0v) is 19.9. The molecule has 1 fully saturated rings. The van der Waals surface area contributed by atoms with Gasteiger partial charge in [0.05, 0.1) is 6.61 Å². The maximum absolute atomic E-state index is 12.8. The third-order valence-corrected chi connectivity index (χ3v) is 6.37. The Hall–Kier alpha value is -2.79. The minimum Gasteiger partial charge on any atom is -0.489 e. The van der Waals surface area contributed by atoms with Crippen molar-refractivity contribution < 1.29 is 14.3 Å². The van der Waals surface area contributed by atoms with Gasteiger partial charge in [-0.05, 0) is 81.3 Å². The van der Waals surface area contributed by atoms with Gasteiger partial charge in [0.1, 0.15) is 6.61 Å². The number of rotatable bonds is 7. The lowest BCUT2D eigenvalue weighted by Crippen LogP contribution is -2.30. The molecule has 2 aromatic rings. The quantitative estimate of drug-likeness (QED) is 0.636. The molecule has 5 heteroatoms. The van der Waals surface area contributed by atoms with Gasteiger partial charge in [-0.3, -0.25) is 4.79 Å². The molecule has 33 heavy (non-hydrogen) atoms. The van der Waals surface area contributed by atoms with Crippen LogP contribution in [0.25, 0.3) is 5.57 Å². The maximum Gasteiger partial charge on any atom is 0.253 e. The van der Waals surface area contributed by atoms with Crippen molar-refractivity contribution >= 4 is 11.5 Å². The molecule has 0 saturated heterocycles. The first-order chi connectivity index (χ1) is 16.2. The van der Waals surface area contributed by atoms with E-state index in [2.05, 4.69) is 35.7 Å². The summed E-state index contributed by atoms with van der Waals surface area (Å²) in [5.41, 5.74) is 3.99. The smallest absolute Gasteiger partial charge is 0.253 e. The number of allylic oxidation sites excluding steroid dienone is 1. The highest BCUT2D eigenvalue weighted by atomic mass is 16.5. The van der Waals surface area contributed by atoms with Gasteiger partial charge < -0.3 is 19.7 Å². The van der Waals surface area contributed by atoms with Crippen LogP contribution in [0.1, 0.15) is 61.0 Å². The Morgan fingerprint density at radius 3 is 2.61 bits per heavy atom. The summed E-state index contributed by atoms with van der Waals surface area (Å²) in [5, 5.41) is 3.45. The van der Waals surface area contributed by atoms with E-state index in [9.17, 15) is 4.79 Å². The standard InChI is InChI=1S/C28H36N2O3/c1-3-30(4-2)28(31)23-15-13-22(14-16-23)24-8-5-6-17-29-18-19-32-27-25(24)9-7-10-26(27)33-20-21-11-12-21/h7-10,13-16,21,29H,3-6,11-12,17-20H2,1-2H3/b24-8-. The van der Waals surface area contributed by atoms with E-state index in [-0.39, 0.29) is 5.91 Å². The first kappa shape index (κ1) is 23.4. The lowest BCUT2D eigenvalue weighted by atomic mass is 9.94. The van der Waals surface area contributed by atoms with E-state index in [1.165, 1.54) is 12.8 Å².